The second-order valence-electron chi connectivity index (χ2n) is 5.68. The van der Waals surface area contributed by atoms with Gasteiger partial charge in [-0.2, -0.15) is 14.6 Å². The summed E-state index contributed by atoms with van der Waals surface area (Å²) in [6.45, 7) is 7.42. The zero-order valence-corrected chi connectivity index (χ0v) is 14.0. The first-order chi connectivity index (χ1) is 11.3. The van der Waals surface area contributed by atoms with Crippen molar-refractivity contribution in [3.05, 3.63) is 36.0 Å². The Morgan fingerprint density at radius 2 is 1.92 bits per heavy atom. The molecular formula is C16H19N3O5. The van der Waals surface area contributed by atoms with Crippen molar-refractivity contribution < 1.29 is 28.6 Å². The summed E-state index contributed by atoms with van der Waals surface area (Å²) in [7, 11) is 0. The molecule has 0 N–H and O–H groups in total. The van der Waals surface area contributed by atoms with E-state index in [2.05, 4.69) is 17.2 Å². The first-order valence-electron chi connectivity index (χ1n) is 7.21. The van der Waals surface area contributed by atoms with Crippen molar-refractivity contribution in [3.63, 3.8) is 0 Å². The van der Waals surface area contributed by atoms with Crippen LogP contribution >= 0.6 is 0 Å². The number of hydrogen-bond acceptors (Lipinski definition) is 7. The Hall–Kier alpha value is -2.99. The summed E-state index contributed by atoms with van der Waals surface area (Å²) >= 11 is 0. The number of aliphatic imine (C=N–C) groups is 1. The zero-order valence-electron chi connectivity index (χ0n) is 14.0. The second-order valence-corrected chi connectivity index (χ2v) is 5.68. The summed E-state index contributed by atoms with van der Waals surface area (Å²) in [6, 6.07) is 7.89. The van der Waals surface area contributed by atoms with Crippen LogP contribution in [0.3, 0.4) is 0 Å². The molecule has 0 spiro atoms. The molecule has 1 heterocycles. The number of rotatable bonds is 3. The first-order valence-corrected chi connectivity index (χ1v) is 7.21. The van der Waals surface area contributed by atoms with Crippen LogP contribution in [0.4, 0.5) is 5.88 Å². The Balaban J connectivity index is 0.000000891. The molecule has 0 amide bonds. The van der Waals surface area contributed by atoms with Gasteiger partial charge in [0.25, 0.3) is 6.20 Å². The van der Waals surface area contributed by atoms with Gasteiger partial charge >= 0.3 is 12.0 Å². The summed E-state index contributed by atoms with van der Waals surface area (Å²) in [4.78, 5) is 20.0. The van der Waals surface area contributed by atoms with Crippen LogP contribution in [-0.2, 0) is 20.7 Å². The van der Waals surface area contributed by atoms with Crippen LogP contribution in [0.15, 0.2) is 40.0 Å². The molecule has 0 radical (unpaired) electrons. The smallest absolute Gasteiger partial charge is 0.373 e. The number of nitrogens with zero attached hydrogens (tertiary/aromatic N) is 3. The summed E-state index contributed by atoms with van der Waals surface area (Å²) in [6.07, 6.45) is 2.06. The highest BCUT2D eigenvalue weighted by atomic mass is 16.6. The Morgan fingerprint density at radius 3 is 2.42 bits per heavy atom. The Kier molecular flexibility index (Phi) is 6.82. The summed E-state index contributed by atoms with van der Waals surface area (Å²) in [5.74, 6) is 0.101. The van der Waals surface area contributed by atoms with E-state index in [0.29, 0.717) is 0 Å². The molecule has 0 aliphatic carbocycles. The van der Waals surface area contributed by atoms with Crippen LogP contribution in [0, 0.1) is 0 Å². The molecule has 0 bridgehead atoms. The van der Waals surface area contributed by atoms with Gasteiger partial charge in [-0.3, -0.25) is 4.52 Å². The Morgan fingerprint density at radius 1 is 1.33 bits per heavy atom. The zero-order chi connectivity index (χ0) is 18.2. The molecule has 8 heteroatoms. The normalized spacial score (nSPS) is 11.2. The highest BCUT2D eigenvalue weighted by Crippen LogP contribution is 2.12. The molecule has 24 heavy (non-hydrogen) atoms. The van der Waals surface area contributed by atoms with Gasteiger partial charge in [-0.25, -0.2) is 0 Å². The Bertz CT molecular complexity index is 708. The molecule has 2 aromatic rings. The third kappa shape index (κ3) is 6.41. The number of benzene rings is 1. The molecule has 128 valence electrons. The standard InChI is InChI=1S/C15H19N3O3.CO2/c1-5-11-6-8-12(9-7-11)18-10-13(21-17-18)16-14(19)20-15(2,3)4;2-1-3/h6-10H,5H2,1-4H3;. The van der Waals surface area contributed by atoms with E-state index < -0.39 is 11.7 Å². The average molecular weight is 333 g/mol. The maximum atomic E-state index is 11.6. The maximum absolute atomic E-state index is 11.6. The van der Waals surface area contributed by atoms with Gasteiger partial charge in [-0.1, -0.05) is 39.8 Å². The molecule has 0 aliphatic rings. The van der Waals surface area contributed by atoms with Gasteiger partial charge < -0.3 is 9.84 Å². The fourth-order valence-corrected chi connectivity index (χ4v) is 1.67. The van der Waals surface area contributed by atoms with E-state index in [-0.39, 0.29) is 12.0 Å². The second kappa shape index (κ2) is 8.59. The van der Waals surface area contributed by atoms with Gasteiger partial charge in [0.15, 0.2) is 6.08 Å². The highest BCUT2D eigenvalue weighted by Gasteiger charge is 2.14. The van der Waals surface area contributed by atoms with Crippen LogP contribution in [0.1, 0.15) is 33.3 Å². The van der Waals surface area contributed by atoms with Crippen LogP contribution in [0.25, 0.3) is 5.69 Å². The third-order valence-corrected chi connectivity index (χ3v) is 2.66. The number of aromatic nitrogens is 2. The summed E-state index contributed by atoms with van der Waals surface area (Å²) in [5.41, 5.74) is 1.48. The van der Waals surface area contributed by atoms with Crippen LogP contribution < -0.4 is 9.79 Å². The van der Waals surface area contributed by atoms with Gasteiger partial charge in [-0.05, 0) is 16.7 Å². The van der Waals surface area contributed by atoms with Gasteiger partial charge in [0.2, 0.25) is 11.0 Å². The summed E-state index contributed by atoms with van der Waals surface area (Å²) < 4.78 is 11.6. The topological polar surface area (TPSA) is 109 Å². The molecule has 8 nitrogen and oxygen atoms in total. The monoisotopic (exact) mass is 333 g/mol. The van der Waals surface area contributed by atoms with Crippen LogP contribution in [0.5, 0.6) is 0 Å². The first kappa shape index (κ1) is 19.1. The minimum Gasteiger partial charge on any atom is -0.594 e. The predicted molar refractivity (Wildman–Crippen MR) is 80.4 cm³/mol. The van der Waals surface area contributed by atoms with Crippen molar-refractivity contribution in [2.45, 2.75) is 39.7 Å². The molecule has 1 aromatic carbocycles. The van der Waals surface area contributed by atoms with Crippen molar-refractivity contribution in [1.82, 2.24) is 5.27 Å². The molecule has 0 unspecified atom stereocenters. The maximum Gasteiger partial charge on any atom is 0.373 e. The SMILES string of the molecule is CCc1ccc(-[n+]2cc(N=C([O-])OC(C)(C)C)on2)cc1.O=C=O. The fourth-order valence-electron chi connectivity index (χ4n) is 1.67. The van der Waals surface area contributed by atoms with E-state index in [9.17, 15) is 5.11 Å². The molecular weight excluding hydrogens is 314 g/mol. The van der Waals surface area contributed by atoms with Gasteiger partial charge in [0.05, 0.1) is 0 Å². The minimum absolute atomic E-state index is 0.101. The van der Waals surface area contributed by atoms with E-state index in [1.807, 2.05) is 24.3 Å². The van der Waals surface area contributed by atoms with Gasteiger partial charge in [0.1, 0.15) is 0 Å². The molecule has 0 fully saturated rings. The Labute approximate surface area is 139 Å². The van der Waals surface area contributed by atoms with Gasteiger partial charge in [0, 0.05) is 17.7 Å². The number of ether oxygens (including phenoxy) is 1. The average Bonchev–Trinajstić information content (AvgIpc) is 2.94. The highest BCUT2D eigenvalue weighted by molar-refractivity contribution is 5.65. The number of aryl methyl sites for hydroxylation is 1. The van der Waals surface area contributed by atoms with E-state index in [4.69, 9.17) is 18.8 Å². The third-order valence-electron chi connectivity index (χ3n) is 2.66. The fraction of sp³-hybridized carbons (Fsp3) is 0.375. The quantitative estimate of drug-likeness (QED) is 0.472. The molecule has 0 atom stereocenters. The lowest BCUT2D eigenvalue weighted by atomic mass is 10.1. The molecule has 1 aromatic heterocycles. The lowest BCUT2D eigenvalue weighted by Crippen LogP contribution is -2.32. The summed E-state index contributed by atoms with van der Waals surface area (Å²) in [5, 5.41) is 15.4. The number of hydrogen-bond donors (Lipinski definition) is 0. The van der Waals surface area contributed by atoms with Crippen molar-refractivity contribution in [3.8, 4) is 5.69 Å². The van der Waals surface area contributed by atoms with Crippen molar-refractivity contribution in [2.24, 2.45) is 4.99 Å². The van der Waals surface area contributed by atoms with Crippen LogP contribution in [0.2, 0.25) is 0 Å². The molecule has 0 saturated heterocycles. The lowest BCUT2D eigenvalue weighted by Gasteiger charge is -2.28. The van der Waals surface area contributed by atoms with Crippen molar-refractivity contribution >= 4 is 18.1 Å². The predicted octanol–water partition coefficient (Wildman–Crippen LogP) is 1.09. The van der Waals surface area contributed by atoms with Gasteiger partial charge in [-0.15, -0.1) is 0 Å². The van der Waals surface area contributed by atoms with E-state index in [1.165, 1.54) is 16.4 Å². The van der Waals surface area contributed by atoms with Crippen LogP contribution in [-0.4, -0.2) is 23.1 Å². The minimum atomic E-state index is -0.702. The molecule has 2 rings (SSSR count). The largest absolute Gasteiger partial charge is 0.594 e. The lowest BCUT2D eigenvalue weighted by molar-refractivity contribution is -0.670. The number of carbonyl (C=O) groups excluding carboxylic acids is 2. The molecule has 0 saturated carbocycles. The van der Waals surface area contributed by atoms with Crippen molar-refractivity contribution in [2.75, 3.05) is 0 Å². The molecule has 0 aliphatic heterocycles. The van der Waals surface area contributed by atoms with Crippen molar-refractivity contribution in [1.29, 1.82) is 0 Å². The van der Waals surface area contributed by atoms with E-state index in [1.54, 1.807) is 20.8 Å². The van der Waals surface area contributed by atoms with E-state index >= 15 is 0 Å². The van der Waals surface area contributed by atoms with E-state index in [0.717, 1.165) is 12.1 Å².